The van der Waals surface area contributed by atoms with Crippen molar-refractivity contribution in [1.82, 2.24) is 0 Å². The van der Waals surface area contributed by atoms with Crippen LogP contribution in [-0.2, 0) is 4.79 Å². The molecule has 0 atom stereocenters. The van der Waals surface area contributed by atoms with Crippen molar-refractivity contribution >= 4 is 96.0 Å². The second-order valence-corrected chi connectivity index (χ2v) is 10.5. The quantitative estimate of drug-likeness (QED) is 0.219. The van der Waals surface area contributed by atoms with Crippen LogP contribution in [0.3, 0.4) is 0 Å². The molecule has 154 valence electrons. The molecule has 0 bridgehead atoms. The molecule has 1 N–H and O–H groups in total. The van der Waals surface area contributed by atoms with Gasteiger partial charge >= 0.3 is 5.97 Å². The minimum Gasteiger partial charge on any atom is -0.481 e. The fraction of sp³-hybridized carbons (Fsp3) is 0.0417. The number of hydrogen-bond donors (Lipinski definition) is 1. The van der Waals surface area contributed by atoms with E-state index in [2.05, 4.69) is 84.2 Å². The molecule has 0 amide bonds. The zero-order valence-electron chi connectivity index (χ0n) is 15.8. The molecule has 5 aromatic rings. The van der Waals surface area contributed by atoms with Gasteiger partial charge in [-0.15, -0.1) is 11.3 Å². The van der Waals surface area contributed by atoms with Crippen molar-refractivity contribution in [2.24, 2.45) is 0 Å². The maximum atomic E-state index is 11.1. The Kier molecular flexibility index (Phi) is 5.54. The van der Waals surface area contributed by atoms with E-state index in [1.807, 2.05) is 24.3 Å². The van der Waals surface area contributed by atoms with E-state index in [1.54, 1.807) is 11.3 Å². The van der Waals surface area contributed by atoms with Gasteiger partial charge in [0.05, 0.1) is 9.17 Å². The average molecular weight is 621 g/mol. The molecule has 7 heteroatoms. The molecule has 1 heterocycles. The van der Waals surface area contributed by atoms with Crippen LogP contribution in [-0.4, -0.2) is 17.7 Å². The van der Waals surface area contributed by atoms with Gasteiger partial charge in [0, 0.05) is 35.5 Å². The number of benzene rings is 4. The number of fused-ring (bicyclic) bond motifs is 4. The third-order valence-corrected chi connectivity index (χ3v) is 8.67. The van der Waals surface area contributed by atoms with Gasteiger partial charge in [-0.05, 0) is 60.8 Å². The SMILES string of the molecule is O=C(O)COc1cc(-c2c3ccccc3c(Br)c3sc4ccccc4c23)c(Br)cc1Br. The monoisotopic (exact) mass is 618 g/mol. The summed E-state index contributed by atoms with van der Waals surface area (Å²) in [6.07, 6.45) is 0. The molecule has 0 aliphatic heterocycles. The van der Waals surface area contributed by atoms with E-state index >= 15 is 0 Å². The first-order valence-electron chi connectivity index (χ1n) is 9.31. The average Bonchev–Trinajstić information content (AvgIpc) is 3.14. The van der Waals surface area contributed by atoms with Gasteiger partial charge in [-0.3, -0.25) is 0 Å². The standard InChI is InChI=1S/C24H13Br3O3S/c25-16-10-17(26)18(30-11-20(28)29)9-15(16)21-12-5-1-2-6-13(12)23(27)24-22(21)14-7-3-4-8-19(14)31-24/h1-10H,11H2,(H,28,29). The zero-order chi connectivity index (χ0) is 21.7. The van der Waals surface area contributed by atoms with Gasteiger partial charge in [0.2, 0.25) is 0 Å². The maximum absolute atomic E-state index is 11.1. The van der Waals surface area contributed by atoms with Crippen LogP contribution in [0.4, 0.5) is 0 Å². The first-order valence-corrected chi connectivity index (χ1v) is 12.5. The zero-order valence-corrected chi connectivity index (χ0v) is 21.4. The number of carbonyl (C=O) groups is 1. The lowest BCUT2D eigenvalue weighted by Crippen LogP contribution is -2.09. The summed E-state index contributed by atoms with van der Waals surface area (Å²) in [6, 6.07) is 20.5. The smallest absolute Gasteiger partial charge is 0.341 e. The number of carboxylic acids is 1. The summed E-state index contributed by atoms with van der Waals surface area (Å²) >= 11 is 12.8. The topological polar surface area (TPSA) is 46.5 Å². The normalized spacial score (nSPS) is 11.5. The van der Waals surface area contributed by atoms with Crippen LogP contribution in [0.2, 0.25) is 0 Å². The van der Waals surface area contributed by atoms with Crippen molar-refractivity contribution in [1.29, 1.82) is 0 Å². The third-order valence-electron chi connectivity index (χ3n) is 5.12. The van der Waals surface area contributed by atoms with Gasteiger partial charge in [0.1, 0.15) is 5.75 Å². The summed E-state index contributed by atoms with van der Waals surface area (Å²) in [5.74, 6) is -0.531. The maximum Gasteiger partial charge on any atom is 0.341 e. The Morgan fingerprint density at radius 2 is 1.58 bits per heavy atom. The highest BCUT2D eigenvalue weighted by Gasteiger charge is 2.21. The Bertz CT molecular complexity index is 1510. The van der Waals surface area contributed by atoms with Crippen LogP contribution in [0.5, 0.6) is 5.75 Å². The summed E-state index contributed by atoms with van der Waals surface area (Å²) in [7, 11) is 0. The Hall–Kier alpha value is -1.93. The number of rotatable bonds is 4. The van der Waals surface area contributed by atoms with E-state index in [0.717, 1.165) is 30.8 Å². The van der Waals surface area contributed by atoms with E-state index in [-0.39, 0.29) is 0 Å². The Morgan fingerprint density at radius 3 is 2.32 bits per heavy atom. The molecule has 0 aliphatic carbocycles. The molecule has 0 saturated carbocycles. The van der Waals surface area contributed by atoms with Gasteiger partial charge < -0.3 is 9.84 Å². The number of thiophene rings is 1. The van der Waals surface area contributed by atoms with Crippen molar-refractivity contribution in [3.8, 4) is 16.9 Å². The van der Waals surface area contributed by atoms with Crippen LogP contribution in [0.1, 0.15) is 0 Å². The number of halogens is 3. The fourth-order valence-corrected chi connectivity index (χ4v) is 7.10. The molecule has 0 radical (unpaired) electrons. The van der Waals surface area contributed by atoms with E-state index in [9.17, 15) is 4.79 Å². The first kappa shape index (κ1) is 20.9. The molecular formula is C24H13Br3O3S. The molecule has 0 unspecified atom stereocenters. The van der Waals surface area contributed by atoms with Crippen LogP contribution in [0, 0.1) is 0 Å². The van der Waals surface area contributed by atoms with Crippen LogP contribution in [0.25, 0.3) is 42.1 Å². The minimum atomic E-state index is -1.02. The lowest BCUT2D eigenvalue weighted by atomic mass is 9.93. The van der Waals surface area contributed by atoms with Gasteiger partial charge in [-0.25, -0.2) is 4.79 Å². The molecule has 31 heavy (non-hydrogen) atoms. The molecule has 0 spiro atoms. The molecule has 0 fully saturated rings. The molecule has 5 rings (SSSR count). The van der Waals surface area contributed by atoms with Crippen molar-refractivity contribution in [2.45, 2.75) is 0 Å². The highest BCUT2D eigenvalue weighted by atomic mass is 79.9. The number of ether oxygens (including phenoxy) is 1. The lowest BCUT2D eigenvalue weighted by Gasteiger charge is -2.16. The number of aliphatic carboxylic acids is 1. The van der Waals surface area contributed by atoms with Crippen molar-refractivity contribution in [2.75, 3.05) is 6.61 Å². The van der Waals surface area contributed by atoms with Gasteiger partial charge in [-0.2, -0.15) is 0 Å². The summed E-state index contributed by atoms with van der Waals surface area (Å²) in [6.45, 7) is -0.405. The Balaban J connectivity index is 1.93. The van der Waals surface area contributed by atoms with Gasteiger partial charge in [0.25, 0.3) is 0 Å². The largest absolute Gasteiger partial charge is 0.481 e. The van der Waals surface area contributed by atoms with Crippen molar-refractivity contribution < 1.29 is 14.6 Å². The molecule has 0 aliphatic rings. The molecule has 3 nitrogen and oxygen atoms in total. The number of hydrogen-bond acceptors (Lipinski definition) is 3. The van der Waals surface area contributed by atoms with Gasteiger partial charge in [0.15, 0.2) is 6.61 Å². The van der Waals surface area contributed by atoms with Crippen molar-refractivity contribution in [3.63, 3.8) is 0 Å². The van der Waals surface area contributed by atoms with Crippen molar-refractivity contribution in [3.05, 3.63) is 74.1 Å². The van der Waals surface area contributed by atoms with E-state index in [4.69, 9.17) is 9.84 Å². The second-order valence-electron chi connectivity index (χ2n) is 6.98. The predicted octanol–water partition coefficient (Wildman–Crippen LogP) is 8.63. The lowest BCUT2D eigenvalue weighted by molar-refractivity contribution is -0.139. The molecule has 0 saturated heterocycles. The van der Waals surface area contributed by atoms with Crippen LogP contribution in [0.15, 0.2) is 74.1 Å². The molecule has 4 aromatic carbocycles. The Labute approximate surface area is 207 Å². The first-order chi connectivity index (χ1) is 15.0. The van der Waals surface area contributed by atoms with E-state index in [0.29, 0.717) is 10.2 Å². The number of carboxylic acid groups (broad SMARTS) is 1. The van der Waals surface area contributed by atoms with Gasteiger partial charge in [-0.1, -0.05) is 58.4 Å². The second kappa shape index (κ2) is 8.20. The fourth-order valence-electron chi connectivity index (χ4n) is 3.85. The van der Waals surface area contributed by atoms with Crippen LogP contribution >= 0.6 is 59.1 Å². The van der Waals surface area contributed by atoms with Crippen LogP contribution < -0.4 is 4.74 Å². The molecule has 1 aromatic heterocycles. The summed E-state index contributed by atoms with van der Waals surface area (Å²) in [5.41, 5.74) is 2.03. The summed E-state index contributed by atoms with van der Waals surface area (Å²) in [5, 5.41) is 13.6. The Morgan fingerprint density at radius 1 is 0.903 bits per heavy atom. The minimum absolute atomic E-state index is 0.405. The highest BCUT2D eigenvalue weighted by molar-refractivity contribution is 9.11. The molecular weight excluding hydrogens is 608 g/mol. The van der Waals surface area contributed by atoms with E-state index < -0.39 is 12.6 Å². The van der Waals surface area contributed by atoms with E-state index in [1.165, 1.54) is 20.2 Å². The summed E-state index contributed by atoms with van der Waals surface area (Å²) in [4.78, 5) is 11.1. The predicted molar refractivity (Wildman–Crippen MR) is 139 cm³/mol. The highest BCUT2D eigenvalue weighted by Crippen LogP contribution is 2.50. The summed E-state index contributed by atoms with van der Waals surface area (Å²) < 4.78 is 10.6. The third kappa shape index (κ3) is 3.57.